The first-order chi connectivity index (χ1) is 10.2. The molecule has 1 aromatic carbocycles. The van der Waals surface area contributed by atoms with E-state index in [4.69, 9.17) is 16.3 Å². The second-order valence-electron chi connectivity index (χ2n) is 6.04. The summed E-state index contributed by atoms with van der Waals surface area (Å²) in [6, 6.07) is 6.42. The average molecular weight is 326 g/mol. The summed E-state index contributed by atoms with van der Waals surface area (Å²) in [7, 11) is 0. The molecule has 0 aromatic heterocycles. The van der Waals surface area contributed by atoms with Crippen LogP contribution in [-0.2, 0) is 9.53 Å². The summed E-state index contributed by atoms with van der Waals surface area (Å²) in [5, 5.41) is 12.8. The lowest BCUT2D eigenvalue weighted by Crippen LogP contribution is -2.76. The molecule has 1 amide bonds. The lowest BCUT2D eigenvalue weighted by atomic mass is 9.54. The third-order valence-corrected chi connectivity index (χ3v) is 4.78. The zero-order valence-corrected chi connectivity index (χ0v) is 13.6. The third kappa shape index (κ3) is 2.59. The number of halogens is 1. The van der Waals surface area contributed by atoms with Crippen molar-refractivity contribution in [1.82, 2.24) is 5.32 Å². The van der Waals surface area contributed by atoms with Gasteiger partial charge < -0.3 is 15.2 Å². The van der Waals surface area contributed by atoms with E-state index >= 15 is 0 Å². The van der Waals surface area contributed by atoms with Crippen LogP contribution in [0.25, 0.3) is 0 Å². The van der Waals surface area contributed by atoms with E-state index in [2.05, 4.69) is 5.32 Å². The minimum Gasteiger partial charge on any atom is -0.479 e. The molecule has 2 unspecified atom stereocenters. The zero-order chi connectivity index (χ0) is 16.5. The number of carbonyl (C=O) groups excluding carboxylic acids is 1. The molecular weight excluding hydrogens is 306 g/mol. The van der Waals surface area contributed by atoms with Gasteiger partial charge in [0.2, 0.25) is 0 Å². The highest BCUT2D eigenvalue weighted by Crippen LogP contribution is 2.51. The SMILES string of the molecule is CCOC1CC(NC(=O)c2cccc(Cl)c2)(C(=O)O)C1(C)C. The lowest BCUT2D eigenvalue weighted by Gasteiger charge is -2.58. The Morgan fingerprint density at radius 2 is 2.14 bits per heavy atom. The number of nitrogens with one attached hydrogen (secondary N) is 1. The van der Waals surface area contributed by atoms with E-state index in [0.29, 0.717) is 17.2 Å². The van der Waals surface area contributed by atoms with Gasteiger partial charge in [-0.3, -0.25) is 4.79 Å². The summed E-state index contributed by atoms with van der Waals surface area (Å²) in [5.41, 5.74) is -1.71. The quantitative estimate of drug-likeness (QED) is 0.872. The summed E-state index contributed by atoms with van der Waals surface area (Å²) in [6.45, 7) is 5.96. The molecule has 0 bridgehead atoms. The van der Waals surface area contributed by atoms with E-state index in [0.717, 1.165) is 0 Å². The third-order valence-electron chi connectivity index (χ3n) is 4.54. The summed E-state index contributed by atoms with van der Waals surface area (Å²) >= 11 is 5.87. The molecule has 0 heterocycles. The Bertz CT molecular complexity index is 602. The summed E-state index contributed by atoms with van der Waals surface area (Å²) < 4.78 is 5.57. The van der Waals surface area contributed by atoms with Crippen LogP contribution in [0.5, 0.6) is 0 Å². The minimum atomic E-state index is -1.34. The van der Waals surface area contributed by atoms with Crippen molar-refractivity contribution in [1.29, 1.82) is 0 Å². The molecule has 120 valence electrons. The Morgan fingerprint density at radius 1 is 1.45 bits per heavy atom. The van der Waals surface area contributed by atoms with Crippen LogP contribution < -0.4 is 5.32 Å². The first-order valence-corrected chi connectivity index (χ1v) is 7.55. The molecule has 0 spiro atoms. The molecule has 1 aromatic rings. The first-order valence-electron chi connectivity index (χ1n) is 7.17. The molecule has 2 N–H and O–H groups in total. The van der Waals surface area contributed by atoms with E-state index in [9.17, 15) is 14.7 Å². The maximum absolute atomic E-state index is 12.4. The van der Waals surface area contributed by atoms with Crippen molar-refractivity contribution >= 4 is 23.5 Å². The smallest absolute Gasteiger partial charge is 0.330 e. The van der Waals surface area contributed by atoms with Crippen LogP contribution in [0.4, 0.5) is 0 Å². The molecule has 0 aliphatic heterocycles. The number of aliphatic carboxylic acids is 1. The van der Waals surface area contributed by atoms with Crippen molar-refractivity contribution in [3.05, 3.63) is 34.9 Å². The van der Waals surface area contributed by atoms with Crippen LogP contribution in [0.2, 0.25) is 5.02 Å². The van der Waals surface area contributed by atoms with Crippen molar-refractivity contribution in [3.63, 3.8) is 0 Å². The van der Waals surface area contributed by atoms with E-state index in [1.807, 2.05) is 6.92 Å². The van der Waals surface area contributed by atoms with Gasteiger partial charge in [-0.1, -0.05) is 31.5 Å². The number of rotatable bonds is 5. The first kappa shape index (κ1) is 16.8. The van der Waals surface area contributed by atoms with Crippen molar-refractivity contribution in [2.75, 3.05) is 6.61 Å². The average Bonchev–Trinajstić information content (AvgIpc) is 2.45. The number of hydrogen-bond acceptors (Lipinski definition) is 3. The maximum atomic E-state index is 12.4. The monoisotopic (exact) mass is 325 g/mol. The predicted molar refractivity (Wildman–Crippen MR) is 83.1 cm³/mol. The van der Waals surface area contributed by atoms with E-state index < -0.39 is 22.8 Å². The van der Waals surface area contributed by atoms with Crippen molar-refractivity contribution in [3.8, 4) is 0 Å². The minimum absolute atomic E-state index is 0.201. The number of ether oxygens (including phenoxy) is 1. The van der Waals surface area contributed by atoms with Crippen LogP contribution >= 0.6 is 11.6 Å². The molecule has 1 saturated carbocycles. The van der Waals surface area contributed by atoms with Crippen LogP contribution in [0.15, 0.2) is 24.3 Å². The molecule has 0 saturated heterocycles. The molecular formula is C16H20ClNO4. The second-order valence-corrected chi connectivity index (χ2v) is 6.48. The van der Waals surface area contributed by atoms with Crippen molar-refractivity contribution < 1.29 is 19.4 Å². The fourth-order valence-corrected chi connectivity index (χ4v) is 3.12. The van der Waals surface area contributed by atoms with E-state index in [-0.39, 0.29) is 12.5 Å². The Hall–Kier alpha value is -1.59. The fourth-order valence-electron chi connectivity index (χ4n) is 2.93. The zero-order valence-electron chi connectivity index (χ0n) is 12.9. The second kappa shape index (κ2) is 5.89. The molecule has 5 nitrogen and oxygen atoms in total. The summed E-state index contributed by atoms with van der Waals surface area (Å²) in [4.78, 5) is 24.2. The highest BCUT2D eigenvalue weighted by atomic mass is 35.5. The van der Waals surface area contributed by atoms with Gasteiger partial charge in [-0.15, -0.1) is 0 Å². The molecule has 1 fully saturated rings. The number of hydrogen-bond donors (Lipinski definition) is 2. The van der Waals surface area contributed by atoms with Crippen molar-refractivity contribution in [2.24, 2.45) is 5.41 Å². The Kier molecular flexibility index (Phi) is 4.49. The maximum Gasteiger partial charge on any atom is 0.330 e. The van der Waals surface area contributed by atoms with Gasteiger partial charge in [0.05, 0.1) is 6.10 Å². The normalized spacial score (nSPS) is 26.1. The highest BCUT2D eigenvalue weighted by molar-refractivity contribution is 6.31. The summed E-state index contributed by atoms with van der Waals surface area (Å²) in [6.07, 6.45) is 0.0448. The van der Waals surface area contributed by atoms with Crippen LogP contribution in [0, 0.1) is 5.41 Å². The predicted octanol–water partition coefficient (Wildman–Crippen LogP) is 2.73. The van der Waals surface area contributed by atoms with Gasteiger partial charge >= 0.3 is 5.97 Å². The Balaban J connectivity index is 2.24. The van der Waals surface area contributed by atoms with Crippen LogP contribution in [0.3, 0.4) is 0 Å². The molecule has 22 heavy (non-hydrogen) atoms. The number of carboxylic acid groups (broad SMARTS) is 1. The number of carboxylic acids is 1. The van der Waals surface area contributed by atoms with Crippen LogP contribution in [-0.4, -0.2) is 35.2 Å². The molecule has 2 atom stereocenters. The van der Waals surface area contributed by atoms with Gasteiger partial charge in [-0.25, -0.2) is 4.79 Å². The Morgan fingerprint density at radius 3 is 2.64 bits per heavy atom. The van der Waals surface area contributed by atoms with Crippen molar-refractivity contribution in [2.45, 2.75) is 38.8 Å². The van der Waals surface area contributed by atoms with Gasteiger partial charge in [0.1, 0.15) is 5.54 Å². The van der Waals surface area contributed by atoms with Gasteiger partial charge in [-0.2, -0.15) is 0 Å². The number of carbonyl (C=O) groups is 2. The number of benzene rings is 1. The number of amides is 1. The largest absolute Gasteiger partial charge is 0.479 e. The molecule has 1 aliphatic rings. The molecule has 2 rings (SSSR count). The lowest BCUT2D eigenvalue weighted by molar-refractivity contribution is -0.190. The van der Waals surface area contributed by atoms with Gasteiger partial charge in [0.25, 0.3) is 5.91 Å². The standard InChI is InChI=1S/C16H20ClNO4/c1-4-22-12-9-16(14(20)21,15(12,2)3)18-13(19)10-6-5-7-11(17)8-10/h5-8,12H,4,9H2,1-3H3,(H,18,19)(H,20,21). The molecule has 0 radical (unpaired) electrons. The van der Waals surface area contributed by atoms with E-state index in [1.54, 1.807) is 32.0 Å². The van der Waals surface area contributed by atoms with E-state index in [1.165, 1.54) is 6.07 Å². The highest BCUT2D eigenvalue weighted by Gasteiger charge is 2.66. The Labute approximate surface area is 134 Å². The van der Waals surface area contributed by atoms with Gasteiger partial charge in [0.15, 0.2) is 0 Å². The fraction of sp³-hybridized carbons (Fsp3) is 0.500. The molecule has 1 aliphatic carbocycles. The van der Waals surface area contributed by atoms with Crippen LogP contribution in [0.1, 0.15) is 37.6 Å². The van der Waals surface area contributed by atoms with Gasteiger partial charge in [0, 0.05) is 29.0 Å². The van der Waals surface area contributed by atoms with Gasteiger partial charge in [-0.05, 0) is 25.1 Å². The topological polar surface area (TPSA) is 75.6 Å². The summed E-state index contributed by atoms with van der Waals surface area (Å²) in [5.74, 6) is -1.50. The molecule has 6 heteroatoms.